The molecule has 1 aromatic rings. The number of benzene rings is 1. The number of hydrogen-bond donors (Lipinski definition) is 1. The summed E-state index contributed by atoms with van der Waals surface area (Å²) < 4.78 is 10.4. The Kier molecular flexibility index (Phi) is 4.66. The van der Waals surface area contributed by atoms with Crippen LogP contribution in [-0.4, -0.2) is 62.8 Å². The molecular formula is C16H21N3O4. The molecule has 3 rings (SSSR count). The van der Waals surface area contributed by atoms with Crippen LogP contribution in [0.15, 0.2) is 24.3 Å². The van der Waals surface area contributed by atoms with Gasteiger partial charge in [-0.2, -0.15) is 0 Å². The van der Waals surface area contributed by atoms with Gasteiger partial charge in [0.25, 0.3) is 0 Å². The Morgan fingerprint density at radius 3 is 2.61 bits per heavy atom. The van der Waals surface area contributed by atoms with E-state index in [9.17, 15) is 9.59 Å². The van der Waals surface area contributed by atoms with Crippen molar-refractivity contribution >= 4 is 17.6 Å². The third kappa shape index (κ3) is 3.56. The summed E-state index contributed by atoms with van der Waals surface area (Å²) in [5, 5.41) is 2.95. The zero-order chi connectivity index (χ0) is 16.2. The molecule has 2 heterocycles. The number of nitrogens with one attached hydrogen (secondary N) is 1. The molecule has 0 aliphatic carbocycles. The lowest BCUT2D eigenvalue weighted by Crippen LogP contribution is -2.49. The summed E-state index contributed by atoms with van der Waals surface area (Å²) in [4.78, 5) is 27.8. The Balaban J connectivity index is 1.59. The van der Waals surface area contributed by atoms with Crippen LogP contribution < -0.4 is 15.0 Å². The van der Waals surface area contributed by atoms with Gasteiger partial charge in [-0.1, -0.05) is 0 Å². The molecule has 0 radical (unpaired) electrons. The van der Waals surface area contributed by atoms with Crippen molar-refractivity contribution in [3.05, 3.63) is 24.3 Å². The molecule has 23 heavy (non-hydrogen) atoms. The molecule has 2 aliphatic rings. The van der Waals surface area contributed by atoms with Gasteiger partial charge in [-0.15, -0.1) is 0 Å². The first kappa shape index (κ1) is 15.6. The normalized spacial score (nSPS) is 21.4. The van der Waals surface area contributed by atoms with Gasteiger partial charge in [-0.25, -0.2) is 4.79 Å². The zero-order valence-electron chi connectivity index (χ0n) is 13.2. The van der Waals surface area contributed by atoms with E-state index in [1.807, 2.05) is 24.3 Å². The largest absolute Gasteiger partial charge is 0.497 e. The predicted octanol–water partition coefficient (Wildman–Crippen LogP) is 0.842. The minimum atomic E-state index is -0.167. The van der Waals surface area contributed by atoms with E-state index in [4.69, 9.17) is 9.47 Å². The van der Waals surface area contributed by atoms with Crippen molar-refractivity contribution in [2.75, 3.05) is 44.9 Å². The molecule has 1 N–H and O–H groups in total. The van der Waals surface area contributed by atoms with Gasteiger partial charge in [0.15, 0.2) is 0 Å². The number of amides is 3. The molecule has 0 aromatic heterocycles. The van der Waals surface area contributed by atoms with Crippen molar-refractivity contribution in [3.63, 3.8) is 0 Å². The quantitative estimate of drug-likeness (QED) is 0.896. The number of carbonyl (C=O) groups excluding carboxylic acids is 2. The fourth-order valence-electron chi connectivity index (χ4n) is 2.85. The fourth-order valence-corrected chi connectivity index (χ4v) is 2.85. The van der Waals surface area contributed by atoms with Crippen LogP contribution in [0.3, 0.4) is 0 Å². The molecule has 1 atom stereocenters. The third-order valence-electron chi connectivity index (χ3n) is 4.14. The summed E-state index contributed by atoms with van der Waals surface area (Å²) in [6, 6.07) is 7.05. The maximum Gasteiger partial charge on any atom is 0.317 e. The molecule has 1 unspecified atom stereocenters. The fraction of sp³-hybridized carbons (Fsp3) is 0.500. The Bertz CT molecular complexity index is 569. The lowest BCUT2D eigenvalue weighted by atomic mass is 10.2. The van der Waals surface area contributed by atoms with Crippen molar-refractivity contribution in [2.24, 2.45) is 0 Å². The van der Waals surface area contributed by atoms with Gasteiger partial charge in [0.1, 0.15) is 5.75 Å². The summed E-state index contributed by atoms with van der Waals surface area (Å²) in [6.07, 6.45) is 0.322. The van der Waals surface area contributed by atoms with Crippen LogP contribution in [0.4, 0.5) is 10.5 Å². The molecule has 124 valence electrons. The van der Waals surface area contributed by atoms with Gasteiger partial charge < -0.3 is 24.6 Å². The van der Waals surface area contributed by atoms with Gasteiger partial charge >= 0.3 is 6.03 Å². The van der Waals surface area contributed by atoms with Gasteiger partial charge in [0.05, 0.1) is 26.4 Å². The molecule has 2 fully saturated rings. The summed E-state index contributed by atoms with van der Waals surface area (Å²) in [5.74, 6) is 0.764. The van der Waals surface area contributed by atoms with Crippen LogP contribution in [-0.2, 0) is 9.53 Å². The van der Waals surface area contributed by atoms with Crippen LogP contribution in [0.25, 0.3) is 0 Å². The first-order valence-corrected chi connectivity index (χ1v) is 7.75. The second-order valence-electron chi connectivity index (χ2n) is 5.65. The first-order valence-electron chi connectivity index (χ1n) is 7.75. The van der Waals surface area contributed by atoms with E-state index in [0.29, 0.717) is 39.3 Å². The summed E-state index contributed by atoms with van der Waals surface area (Å²) in [6.45, 7) is 2.80. The Hall–Kier alpha value is -2.28. The van der Waals surface area contributed by atoms with Crippen molar-refractivity contribution in [1.29, 1.82) is 0 Å². The smallest absolute Gasteiger partial charge is 0.317 e. The average Bonchev–Trinajstić information content (AvgIpc) is 2.96. The van der Waals surface area contributed by atoms with E-state index in [1.165, 1.54) is 0 Å². The van der Waals surface area contributed by atoms with Gasteiger partial charge in [-0.05, 0) is 24.3 Å². The topological polar surface area (TPSA) is 71.1 Å². The van der Waals surface area contributed by atoms with E-state index in [2.05, 4.69) is 5.32 Å². The number of morpholine rings is 1. The minimum Gasteiger partial charge on any atom is -0.497 e. The highest BCUT2D eigenvalue weighted by atomic mass is 16.5. The zero-order valence-corrected chi connectivity index (χ0v) is 13.2. The Morgan fingerprint density at radius 2 is 1.96 bits per heavy atom. The maximum absolute atomic E-state index is 12.2. The van der Waals surface area contributed by atoms with E-state index in [1.54, 1.807) is 16.9 Å². The molecule has 0 bridgehead atoms. The lowest BCUT2D eigenvalue weighted by molar-refractivity contribution is -0.117. The van der Waals surface area contributed by atoms with E-state index >= 15 is 0 Å². The second kappa shape index (κ2) is 6.87. The highest BCUT2D eigenvalue weighted by molar-refractivity contribution is 5.96. The van der Waals surface area contributed by atoms with Crippen LogP contribution in [0.5, 0.6) is 5.75 Å². The molecule has 1 aromatic carbocycles. The maximum atomic E-state index is 12.2. The van der Waals surface area contributed by atoms with E-state index in [-0.39, 0.29) is 18.0 Å². The molecular weight excluding hydrogens is 298 g/mol. The SMILES string of the molecule is COc1ccc(N2CC(NC(=O)N3CCOCC3)CC2=O)cc1. The van der Waals surface area contributed by atoms with E-state index < -0.39 is 0 Å². The number of hydrogen-bond acceptors (Lipinski definition) is 4. The molecule has 2 saturated heterocycles. The van der Waals surface area contributed by atoms with Gasteiger partial charge in [-0.3, -0.25) is 4.79 Å². The number of ether oxygens (including phenoxy) is 2. The van der Waals surface area contributed by atoms with Crippen molar-refractivity contribution in [3.8, 4) is 5.75 Å². The summed E-state index contributed by atoms with van der Waals surface area (Å²) >= 11 is 0. The highest BCUT2D eigenvalue weighted by Gasteiger charge is 2.32. The first-order chi connectivity index (χ1) is 11.2. The second-order valence-corrected chi connectivity index (χ2v) is 5.65. The number of rotatable bonds is 3. The number of nitrogens with zero attached hydrogens (tertiary/aromatic N) is 2. The molecule has 3 amide bonds. The number of methoxy groups -OCH3 is 1. The summed E-state index contributed by atoms with van der Waals surface area (Å²) in [7, 11) is 1.60. The van der Waals surface area contributed by atoms with Crippen molar-refractivity contribution in [1.82, 2.24) is 10.2 Å². The highest BCUT2D eigenvalue weighted by Crippen LogP contribution is 2.24. The number of carbonyl (C=O) groups is 2. The van der Waals surface area contributed by atoms with Crippen molar-refractivity contribution < 1.29 is 19.1 Å². The van der Waals surface area contributed by atoms with Crippen LogP contribution in [0.1, 0.15) is 6.42 Å². The van der Waals surface area contributed by atoms with E-state index in [0.717, 1.165) is 11.4 Å². The molecule has 2 aliphatic heterocycles. The van der Waals surface area contributed by atoms with Crippen molar-refractivity contribution in [2.45, 2.75) is 12.5 Å². The van der Waals surface area contributed by atoms with Crippen LogP contribution in [0.2, 0.25) is 0 Å². The number of anilines is 1. The Labute approximate surface area is 135 Å². The minimum absolute atomic E-state index is 0.0162. The standard InChI is InChI=1S/C16H21N3O4/c1-22-14-4-2-13(3-5-14)19-11-12(10-15(19)20)17-16(21)18-6-8-23-9-7-18/h2-5,12H,6-11H2,1H3,(H,17,21). The lowest BCUT2D eigenvalue weighted by Gasteiger charge is -2.28. The predicted molar refractivity (Wildman–Crippen MR) is 84.7 cm³/mol. The van der Waals surface area contributed by atoms with Gasteiger partial charge in [0, 0.05) is 31.7 Å². The molecule has 0 spiro atoms. The van der Waals surface area contributed by atoms with Crippen LogP contribution in [0, 0.1) is 0 Å². The van der Waals surface area contributed by atoms with Gasteiger partial charge in [0.2, 0.25) is 5.91 Å². The monoisotopic (exact) mass is 319 g/mol. The Morgan fingerprint density at radius 1 is 1.26 bits per heavy atom. The summed E-state index contributed by atoms with van der Waals surface area (Å²) in [5.41, 5.74) is 0.818. The third-order valence-corrected chi connectivity index (χ3v) is 4.14. The molecule has 0 saturated carbocycles. The molecule has 7 nitrogen and oxygen atoms in total. The number of urea groups is 1. The average molecular weight is 319 g/mol. The molecule has 7 heteroatoms. The van der Waals surface area contributed by atoms with Crippen LogP contribution >= 0.6 is 0 Å².